The number of rotatable bonds is 3. The van der Waals surface area contributed by atoms with E-state index < -0.39 is 0 Å². The van der Waals surface area contributed by atoms with Crippen LogP contribution in [0.4, 0.5) is 0 Å². The predicted octanol–water partition coefficient (Wildman–Crippen LogP) is 3.35. The molecule has 0 saturated carbocycles. The molecule has 3 rings (SSSR count). The molecule has 3 aromatic heterocycles. The molecular formula is C15H13ClN4. The summed E-state index contributed by atoms with van der Waals surface area (Å²) in [6, 6.07) is 9.72. The molecule has 4 nitrogen and oxygen atoms in total. The van der Waals surface area contributed by atoms with Crippen molar-refractivity contribution >= 4 is 11.6 Å². The molecule has 3 heterocycles. The Kier molecular flexibility index (Phi) is 3.48. The van der Waals surface area contributed by atoms with Crippen LogP contribution in [0.1, 0.15) is 11.3 Å². The highest BCUT2D eigenvalue weighted by Crippen LogP contribution is 2.17. The van der Waals surface area contributed by atoms with Crippen LogP contribution < -0.4 is 0 Å². The van der Waals surface area contributed by atoms with Crippen molar-refractivity contribution in [3.63, 3.8) is 0 Å². The minimum absolute atomic E-state index is 0.544. The summed E-state index contributed by atoms with van der Waals surface area (Å²) < 4.78 is 2.01. The Hall–Kier alpha value is -2.20. The van der Waals surface area contributed by atoms with E-state index in [-0.39, 0.29) is 0 Å². The summed E-state index contributed by atoms with van der Waals surface area (Å²) >= 11 is 6.06. The molecule has 5 heteroatoms. The summed E-state index contributed by atoms with van der Waals surface area (Å²) in [5.41, 5.74) is 2.72. The van der Waals surface area contributed by atoms with E-state index in [2.05, 4.69) is 15.0 Å². The number of hydrogen-bond donors (Lipinski definition) is 0. The number of halogens is 1. The van der Waals surface area contributed by atoms with Crippen molar-refractivity contribution in [3.8, 4) is 11.5 Å². The maximum atomic E-state index is 6.06. The van der Waals surface area contributed by atoms with Gasteiger partial charge in [-0.1, -0.05) is 23.7 Å². The highest BCUT2D eigenvalue weighted by Gasteiger charge is 2.08. The molecule has 0 radical (unpaired) electrons. The Morgan fingerprint density at radius 2 is 2.00 bits per heavy atom. The van der Waals surface area contributed by atoms with Gasteiger partial charge in [0.1, 0.15) is 10.8 Å². The number of hydrogen-bond acceptors (Lipinski definition) is 3. The van der Waals surface area contributed by atoms with Gasteiger partial charge in [-0.3, -0.25) is 4.98 Å². The van der Waals surface area contributed by atoms with Gasteiger partial charge >= 0.3 is 0 Å². The van der Waals surface area contributed by atoms with Crippen LogP contribution in [0.2, 0.25) is 5.15 Å². The van der Waals surface area contributed by atoms with Crippen molar-refractivity contribution in [2.24, 2.45) is 0 Å². The van der Waals surface area contributed by atoms with Crippen molar-refractivity contribution in [2.75, 3.05) is 0 Å². The van der Waals surface area contributed by atoms with Crippen LogP contribution in [0.25, 0.3) is 11.5 Å². The van der Waals surface area contributed by atoms with Crippen LogP contribution in [-0.2, 0) is 6.54 Å². The van der Waals surface area contributed by atoms with Crippen LogP contribution in [0.15, 0.2) is 48.9 Å². The SMILES string of the molecule is Cc1ccc(Cn2ccnc2-c2ccccn2)nc1Cl. The molecule has 0 saturated heterocycles. The molecular weight excluding hydrogens is 272 g/mol. The molecule has 0 atom stereocenters. The summed E-state index contributed by atoms with van der Waals surface area (Å²) in [7, 11) is 0. The van der Waals surface area contributed by atoms with E-state index in [0.29, 0.717) is 11.7 Å². The monoisotopic (exact) mass is 284 g/mol. The van der Waals surface area contributed by atoms with E-state index in [0.717, 1.165) is 22.8 Å². The van der Waals surface area contributed by atoms with Gasteiger partial charge in [0.15, 0.2) is 5.82 Å². The van der Waals surface area contributed by atoms with Gasteiger partial charge in [0.05, 0.1) is 12.2 Å². The molecule has 100 valence electrons. The van der Waals surface area contributed by atoms with Crippen LogP contribution in [-0.4, -0.2) is 19.5 Å². The topological polar surface area (TPSA) is 43.6 Å². The summed E-state index contributed by atoms with van der Waals surface area (Å²) in [5, 5.41) is 0.544. The normalized spacial score (nSPS) is 10.7. The Bertz CT molecular complexity index is 722. The van der Waals surface area contributed by atoms with Gasteiger partial charge in [0.2, 0.25) is 0 Å². The fourth-order valence-electron chi connectivity index (χ4n) is 1.97. The average molecular weight is 285 g/mol. The molecule has 0 fully saturated rings. The van der Waals surface area contributed by atoms with Gasteiger partial charge < -0.3 is 4.57 Å². The smallest absolute Gasteiger partial charge is 0.158 e. The van der Waals surface area contributed by atoms with Crippen LogP contribution in [0, 0.1) is 6.92 Å². The zero-order valence-electron chi connectivity index (χ0n) is 11.0. The summed E-state index contributed by atoms with van der Waals surface area (Å²) in [6.45, 7) is 2.56. The van der Waals surface area contributed by atoms with E-state index in [1.54, 1.807) is 12.4 Å². The van der Waals surface area contributed by atoms with Gasteiger partial charge in [0.25, 0.3) is 0 Å². The highest BCUT2D eigenvalue weighted by atomic mass is 35.5. The quantitative estimate of drug-likeness (QED) is 0.693. The van der Waals surface area contributed by atoms with Gasteiger partial charge in [-0.15, -0.1) is 0 Å². The van der Waals surface area contributed by atoms with Crippen molar-refractivity contribution in [3.05, 3.63) is 65.3 Å². The highest BCUT2D eigenvalue weighted by molar-refractivity contribution is 6.30. The largest absolute Gasteiger partial charge is 0.324 e. The number of imidazole rings is 1. The zero-order chi connectivity index (χ0) is 13.9. The minimum atomic E-state index is 0.544. The van der Waals surface area contributed by atoms with E-state index >= 15 is 0 Å². The van der Waals surface area contributed by atoms with Crippen molar-refractivity contribution in [2.45, 2.75) is 13.5 Å². The van der Waals surface area contributed by atoms with Gasteiger partial charge in [-0.2, -0.15) is 0 Å². The van der Waals surface area contributed by atoms with Crippen molar-refractivity contribution in [1.29, 1.82) is 0 Å². The first-order valence-corrected chi connectivity index (χ1v) is 6.66. The lowest BCUT2D eigenvalue weighted by atomic mass is 10.2. The zero-order valence-corrected chi connectivity index (χ0v) is 11.7. The molecule has 0 bridgehead atoms. The number of pyridine rings is 2. The summed E-state index contributed by atoms with van der Waals surface area (Å²) in [4.78, 5) is 13.1. The molecule has 0 aliphatic heterocycles. The lowest BCUT2D eigenvalue weighted by Crippen LogP contribution is -2.04. The Morgan fingerprint density at radius 1 is 1.10 bits per heavy atom. The Labute approximate surface area is 122 Å². The number of nitrogens with zero attached hydrogens (tertiary/aromatic N) is 4. The number of aromatic nitrogens is 4. The fourth-order valence-corrected chi connectivity index (χ4v) is 2.14. The standard InChI is InChI=1S/C15H13ClN4/c1-11-5-6-12(19-14(11)16)10-20-9-8-18-15(20)13-4-2-3-7-17-13/h2-9H,10H2,1H3. The summed E-state index contributed by atoms with van der Waals surface area (Å²) in [5.74, 6) is 0.823. The van der Waals surface area contributed by atoms with Crippen LogP contribution in [0.5, 0.6) is 0 Å². The van der Waals surface area contributed by atoms with Crippen molar-refractivity contribution < 1.29 is 0 Å². The maximum absolute atomic E-state index is 6.06. The van der Waals surface area contributed by atoms with Crippen LogP contribution in [0.3, 0.4) is 0 Å². The minimum Gasteiger partial charge on any atom is -0.324 e. The third-order valence-corrected chi connectivity index (χ3v) is 3.42. The fraction of sp³-hybridized carbons (Fsp3) is 0.133. The van der Waals surface area contributed by atoms with E-state index in [4.69, 9.17) is 11.6 Å². The average Bonchev–Trinajstić information content (AvgIpc) is 2.92. The second-order valence-corrected chi connectivity index (χ2v) is 4.86. The molecule has 20 heavy (non-hydrogen) atoms. The Morgan fingerprint density at radius 3 is 2.75 bits per heavy atom. The van der Waals surface area contributed by atoms with Gasteiger partial charge in [0, 0.05) is 18.6 Å². The van der Waals surface area contributed by atoms with Crippen LogP contribution >= 0.6 is 11.6 Å². The lowest BCUT2D eigenvalue weighted by molar-refractivity contribution is 0.778. The second kappa shape index (κ2) is 5.43. The molecule has 0 aromatic carbocycles. The van der Waals surface area contributed by atoms with Gasteiger partial charge in [-0.25, -0.2) is 9.97 Å². The molecule has 0 N–H and O–H groups in total. The number of aryl methyl sites for hydroxylation is 1. The van der Waals surface area contributed by atoms with E-state index in [9.17, 15) is 0 Å². The summed E-state index contributed by atoms with van der Waals surface area (Å²) in [6.07, 6.45) is 5.44. The maximum Gasteiger partial charge on any atom is 0.158 e. The van der Waals surface area contributed by atoms with E-state index in [1.165, 1.54) is 0 Å². The molecule has 0 unspecified atom stereocenters. The van der Waals surface area contributed by atoms with Crippen molar-refractivity contribution in [1.82, 2.24) is 19.5 Å². The third kappa shape index (κ3) is 2.56. The molecule has 0 spiro atoms. The first kappa shape index (κ1) is 12.8. The molecule has 3 aromatic rings. The first-order chi connectivity index (χ1) is 9.74. The third-order valence-electron chi connectivity index (χ3n) is 3.03. The Balaban J connectivity index is 1.92. The molecule has 0 aliphatic carbocycles. The molecule has 0 amide bonds. The predicted molar refractivity (Wildman–Crippen MR) is 78.5 cm³/mol. The van der Waals surface area contributed by atoms with Gasteiger partial charge in [-0.05, 0) is 30.7 Å². The first-order valence-electron chi connectivity index (χ1n) is 6.28. The second-order valence-electron chi connectivity index (χ2n) is 4.50. The lowest BCUT2D eigenvalue weighted by Gasteiger charge is -2.08. The van der Waals surface area contributed by atoms with E-state index in [1.807, 2.05) is 48.0 Å². The molecule has 0 aliphatic rings.